The maximum absolute atomic E-state index is 12.7. The van der Waals surface area contributed by atoms with Crippen molar-refractivity contribution in [3.05, 3.63) is 60.7 Å². The van der Waals surface area contributed by atoms with E-state index in [9.17, 15) is 13.0 Å². The lowest BCUT2D eigenvalue weighted by atomic mass is 9.93. The Hall–Kier alpha value is -1.95. The predicted octanol–water partition coefficient (Wildman–Crippen LogP) is 5.31. The van der Waals surface area contributed by atoms with Gasteiger partial charge in [0.15, 0.2) is 11.1 Å². The molecule has 4 nitrogen and oxygen atoms in total. The van der Waals surface area contributed by atoms with E-state index in [0.717, 1.165) is 21.5 Å². The van der Waals surface area contributed by atoms with E-state index >= 15 is 0 Å². The van der Waals surface area contributed by atoms with Gasteiger partial charge in [0.05, 0.1) is 25.9 Å². The molecule has 0 bridgehead atoms. The summed E-state index contributed by atoms with van der Waals surface area (Å²) in [5, 5.41) is 12.3. The molecule has 0 aromatic heterocycles. The van der Waals surface area contributed by atoms with Crippen LogP contribution in [0.1, 0.15) is 0 Å². The number of fused-ring (bicyclic) bond motifs is 2. The Morgan fingerprint density at radius 3 is 1.44 bits per heavy atom. The molecule has 34 heavy (non-hydrogen) atoms. The van der Waals surface area contributed by atoms with Crippen LogP contribution in [0, 0.1) is 0 Å². The molecule has 4 aromatic rings. The van der Waals surface area contributed by atoms with Crippen LogP contribution < -0.4 is 15.5 Å². The van der Waals surface area contributed by atoms with Crippen molar-refractivity contribution >= 4 is 70.1 Å². The number of rotatable bonds is 5. The summed E-state index contributed by atoms with van der Waals surface area (Å²) in [5.74, 6) is 0. The summed E-state index contributed by atoms with van der Waals surface area (Å²) in [6.45, 7) is 13.8. The maximum atomic E-state index is 12.7. The zero-order chi connectivity index (χ0) is 25.0. The van der Waals surface area contributed by atoms with Gasteiger partial charge in [0.25, 0.3) is 0 Å². The molecular formula is C26H31NO3S2Si2. The van der Waals surface area contributed by atoms with Crippen LogP contribution in [0.4, 0.5) is 0 Å². The van der Waals surface area contributed by atoms with E-state index in [1.807, 2.05) is 24.3 Å². The van der Waals surface area contributed by atoms with Crippen LogP contribution in [-0.4, -0.2) is 29.1 Å². The molecule has 2 unspecified atom stereocenters. The molecule has 3 N–H and O–H groups in total. The van der Waals surface area contributed by atoms with Gasteiger partial charge in [-0.15, -0.1) is 0 Å². The Balaban J connectivity index is 2.17. The first-order valence-corrected chi connectivity index (χ1v) is 20.5. The van der Waals surface area contributed by atoms with Crippen LogP contribution in [0.5, 0.6) is 0 Å². The molecule has 0 saturated heterocycles. The van der Waals surface area contributed by atoms with Gasteiger partial charge in [-0.05, 0) is 33.7 Å². The van der Waals surface area contributed by atoms with E-state index in [0.29, 0.717) is 20.9 Å². The summed E-state index contributed by atoms with van der Waals surface area (Å²) in [6.07, 6.45) is 0. The zero-order valence-electron chi connectivity index (χ0n) is 20.4. The van der Waals surface area contributed by atoms with Gasteiger partial charge in [0.1, 0.15) is 11.0 Å². The fraction of sp³-hybridized carbons (Fsp3) is 0.231. The normalized spacial score (nSPS) is 14.5. The molecule has 0 aliphatic carbocycles. The van der Waals surface area contributed by atoms with E-state index in [4.69, 9.17) is 5.14 Å². The summed E-state index contributed by atoms with van der Waals surface area (Å²) in [5.41, 5.74) is 1.30. The second kappa shape index (κ2) is 8.93. The highest BCUT2D eigenvalue weighted by atomic mass is 32.2. The second-order valence-electron chi connectivity index (χ2n) is 10.8. The molecule has 2 atom stereocenters. The van der Waals surface area contributed by atoms with Crippen molar-refractivity contribution in [2.45, 2.75) is 49.1 Å². The number of nitrogens with two attached hydrogens (primary N) is 1. The van der Waals surface area contributed by atoms with Crippen LogP contribution in [0.2, 0.25) is 39.3 Å². The highest BCUT2D eigenvalue weighted by molar-refractivity contribution is 7.83. The second-order valence-corrected chi connectivity index (χ2v) is 22.9. The molecule has 0 radical (unpaired) electrons. The van der Waals surface area contributed by atoms with Crippen molar-refractivity contribution in [3.8, 4) is 11.1 Å². The first kappa shape index (κ1) is 25.2. The van der Waals surface area contributed by atoms with Crippen LogP contribution in [0.3, 0.4) is 0 Å². The SMILES string of the molecule is C[Si](C)(C)c1ccc2c(-c3c(S(=O)O)ccc4cc([Si](C)(C)C)ccc34)c(S(N)=O)ccc2c1. The van der Waals surface area contributed by atoms with E-state index in [-0.39, 0.29) is 0 Å². The minimum absolute atomic E-state index is 0.293. The first-order valence-electron chi connectivity index (χ1n) is 11.2. The van der Waals surface area contributed by atoms with Crippen molar-refractivity contribution in [2.75, 3.05) is 0 Å². The Morgan fingerprint density at radius 1 is 0.647 bits per heavy atom. The van der Waals surface area contributed by atoms with Gasteiger partial charge < -0.3 is 4.55 Å². The van der Waals surface area contributed by atoms with Gasteiger partial charge in [-0.3, -0.25) is 0 Å². The molecule has 0 aliphatic heterocycles. The van der Waals surface area contributed by atoms with E-state index in [1.165, 1.54) is 10.4 Å². The molecule has 0 spiro atoms. The smallest absolute Gasteiger partial charge is 0.187 e. The number of hydrogen-bond donors (Lipinski definition) is 2. The molecule has 0 fully saturated rings. The summed E-state index contributed by atoms with van der Waals surface area (Å²) >= 11 is -2.23. The fourth-order valence-corrected chi connectivity index (χ4v) is 7.91. The highest BCUT2D eigenvalue weighted by Crippen LogP contribution is 2.41. The van der Waals surface area contributed by atoms with Gasteiger partial charge >= 0.3 is 0 Å². The van der Waals surface area contributed by atoms with Gasteiger partial charge in [-0.25, -0.2) is 13.6 Å². The third-order valence-electron chi connectivity index (χ3n) is 6.35. The van der Waals surface area contributed by atoms with Gasteiger partial charge in [0.2, 0.25) is 0 Å². The Morgan fingerprint density at radius 2 is 1.06 bits per heavy atom. The van der Waals surface area contributed by atoms with Crippen LogP contribution >= 0.6 is 0 Å². The topological polar surface area (TPSA) is 80.4 Å². The number of hydrogen-bond acceptors (Lipinski definition) is 2. The largest absolute Gasteiger partial charge is 0.302 e. The highest BCUT2D eigenvalue weighted by Gasteiger charge is 2.24. The predicted molar refractivity (Wildman–Crippen MR) is 152 cm³/mol. The van der Waals surface area contributed by atoms with Gasteiger partial charge in [-0.2, -0.15) is 0 Å². The van der Waals surface area contributed by atoms with Crippen molar-refractivity contribution in [1.82, 2.24) is 0 Å². The third-order valence-corrected chi connectivity index (χ3v) is 11.9. The standard InChI is InChI=1S/C26H31NO3S2Si2/c1-33(2,3)19-9-11-21-17(15-19)7-13-23(31(27)28)25(21)26-22-12-10-20(34(4,5)6)16-18(22)8-14-24(26)32(29)30/h7-16H,27H2,1-6H3,(H,29,30). The lowest BCUT2D eigenvalue weighted by Gasteiger charge is -2.21. The summed E-state index contributed by atoms with van der Waals surface area (Å²) < 4.78 is 35.4. The molecule has 4 aromatic carbocycles. The van der Waals surface area contributed by atoms with Gasteiger partial charge in [0, 0.05) is 11.1 Å². The van der Waals surface area contributed by atoms with Crippen LogP contribution in [-0.2, 0) is 22.1 Å². The quantitative estimate of drug-likeness (QED) is 0.274. The van der Waals surface area contributed by atoms with Crippen molar-refractivity contribution in [3.63, 3.8) is 0 Å². The van der Waals surface area contributed by atoms with Crippen molar-refractivity contribution in [2.24, 2.45) is 5.14 Å². The molecule has 0 amide bonds. The Kier molecular flexibility index (Phi) is 6.60. The number of benzene rings is 4. The van der Waals surface area contributed by atoms with Crippen molar-refractivity contribution in [1.29, 1.82) is 0 Å². The molecule has 4 rings (SSSR count). The average molecular weight is 526 g/mol. The van der Waals surface area contributed by atoms with Crippen LogP contribution in [0.15, 0.2) is 70.5 Å². The minimum atomic E-state index is -2.23. The average Bonchev–Trinajstić information content (AvgIpc) is 2.75. The van der Waals surface area contributed by atoms with Gasteiger partial charge in [-0.1, -0.05) is 98.2 Å². The lowest BCUT2D eigenvalue weighted by molar-refractivity contribution is 0.565. The first-order chi connectivity index (χ1) is 15.8. The molecule has 0 heterocycles. The summed E-state index contributed by atoms with van der Waals surface area (Å²) in [7, 11) is -4.87. The van der Waals surface area contributed by atoms with Crippen molar-refractivity contribution < 1.29 is 13.0 Å². The fourth-order valence-electron chi connectivity index (χ4n) is 4.38. The van der Waals surface area contributed by atoms with E-state index in [1.54, 1.807) is 12.1 Å². The summed E-state index contributed by atoms with van der Waals surface area (Å²) in [6, 6.07) is 20.1. The van der Waals surface area contributed by atoms with Crippen LogP contribution in [0.25, 0.3) is 32.7 Å². The molecule has 0 aliphatic rings. The minimum Gasteiger partial charge on any atom is -0.302 e. The Labute approximate surface area is 208 Å². The molecule has 178 valence electrons. The summed E-state index contributed by atoms with van der Waals surface area (Å²) in [4.78, 5) is 0.753. The molecule has 0 saturated carbocycles. The lowest BCUT2D eigenvalue weighted by Crippen LogP contribution is -2.37. The third kappa shape index (κ3) is 4.63. The maximum Gasteiger partial charge on any atom is 0.187 e. The zero-order valence-corrected chi connectivity index (χ0v) is 24.1. The van der Waals surface area contributed by atoms with E-state index < -0.39 is 38.2 Å². The molecular weight excluding hydrogens is 495 g/mol. The molecule has 8 heteroatoms. The van der Waals surface area contributed by atoms with E-state index in [2.05, 4.69) is 63.5 Å². The Bertz CT molecular complexity index is 1370. The monoisotopic (exact) mass is 525 g/mol.